The van der Waals surface area contributed by atoms with Crippen LogP contribution in [0.1, 0.15) is 28.9 Å². The zero-order valence-corrected chi connectivity index (χ0v) is 17.8. The number of nitrogens with zero attached hydrogens (tertiary/aromatic N) is 3. The molecule has 0 radical (unpaired) electrons. The lowest BCUT2D eigenvalue weighted by Gasteiger charge is -2.11. The number of hydrogen-bond donors (Lipinski definition) is 1. The largest absolute Gasteiger partial charge is 0.352 e. The molecule has 2 heterocycles. The fraction of sp³-hybridized carbons (Fsp3) is 0.208. The molecular weight excluding hydrogens is 396 g/mol. The van der Waals surface area contributed by atoms with Crippen LogP contribution < -0.4 is 5.32 Å². The molecule has 0 spiro atoms. The van der Waals surface area contributed by atoms with Crippen molar-refractivity contribution in [2.75, 3.05) is 0 Å². The van der Waals surface area contributed by atoms with E-state index in [0.717, 1.165) is 39.4 Å². The van der Waals surface area contributed by atoms with E-state index < -0.39 is 0 Å². The molecule has 0 saturated heterocycles. The summed E-state index contributed by atoms with van der Waals surface area (Å²) < 4.78 is 1.87. The third-order valence-corrected chi connectivity index (χ3v) is 5.45. The Bertz CT molecular complexity index is 1200. The summed E-state index contributed by atoms with van der Waals surface area (Å²) in [5.74, 6) is -0.000637. The summed E-state index contributed by atoms with van der Waals surface area (Å²) >= 11 is 6.00. The standard InChI is InChI=1S/C24H23ClN4O/c1-16-21(11-12-24(30)26-15-18-7-6-10-20(25)13-18)17(2)29-23(27-16)14-22(28-29)19-8-4-3-5-9-19/h3-10,13-14H,11-12,15H2,1-2H3,(H,26,30). The van der Waals surface area contributed by atoms with Crippen LogP contribution in [-0.4, -0.2) is 20.5 Å². The average molecular weight is 419 g/mol. The third kappa shape index (κ3) is 4.36. The number of halogens is 1. The third-order valence-electron chi connectivity index (χ3n) is 5.21. The molecule has 2 aromatic carbocycles. The predicted molar refractivity (Wildman–Crippen MR) is 120 cm³/mol. The molecule has 0 fully saturated rings. The van der Waals surface area contributed by atoms with E-state index in [2.05, 4.69) is 5.32 Å². The van der Waals surface area contributed by atoms with Crippen molar-refractivity contribution < 1.29 is 4.79 Å². The molecule has 0 bridgehead atoms. The smallest absolute Gasteiger partial charge is 0.220 e. The second kappa shape index (κ2) is 8.67. The lowest BCUT2D eigenvalue weighted by atomic mass is 10.1. The van der Waals surface area contributed by atoms with E-state index in [4.69, 9.17) is 21.7 Å². The van der Waals surface area contributed by atoms with Crippen molar-refractivity contribution in [1.82, 2.24) is 19.9 Å². The van der Waals surface area contributed by atoms with Gasteiger partial charge in [-0.1, -0.05) is 54.1 Å². The van der Waals surface area contributed by atoms with Gasteiger partial charge in [0, 0.05) is 41.0 Å². The monoisotopic (exact) mass is 418 g/mol. The molecule has 4 aromatic rings. The number of fused-ring (bicyclic) bond motifs is 1. The molecule has 0 aliphatic rings. The van der Waals surface area contributed by atoms with Crippen LogP contribution in [0.3, 0.4) is 0 Å². The highest BCUT2D eigenvalue weighted by molar-refractivity contribution is 6.30. The molecule has 0 aliphatic heterocycles. The van der Waals surface area contributed by atoms with E-state index in [9.17, 15) is 4.79 Å². The predicted octanol–water partition coefficient (Wildman–Crippen LogP) is 4.92. The van der Waals surface area contributed by atoms with E-state index in [1.54, 1.807) is 0 Å². The lowest BCUT2D eigenvalue weighted by molar-refractivity contribution is -0.121. The van der Waals surface area contributed by atoms with Crippen LogP contribution in [0.25, 0.3) is 16.9 Å². The van der Waals surface area contributed by atoms with Crippen LogP contribution in [0.4, 0.5) is 0 Å². The number of hydrogen-bond acceptors (Lipinski definition) is 3. The summed E-state index contributed by atoms with van der Waals surface area (Å²) in [5, 5.41) is 8.36. The summed E-state index contributed by atoms with van der Waals surface area (Å²) in [6.07, 6.45) is 1.00. The number of aryl methyl sites for hydroxylation is 2. The first-order chi connectivity index (χ1) is 14.5. The number of aromatic nitrogens is 3. The van der Waals surface area contributed by atoms with Crippen LogP contribution in [0.5, 0.6) is 0 Å². The van der Waals surface area contributed by atoms with Crippen LogP contribution in [0.2, 0.25) is 5.02 Å². The van der Waals surface area contributed by atoms with Gasteiger partial charge in [-0.05, 0) is 43.5 Å². The van der Waals surface area contributed by atoms with Gasteiger partial charge < -0.3 is 5.32 Å². The molecule has 152 valence electrons. The Balaban J connectivity index is 1.47. The molecule has 0 unspecified atom stereocenters. The lowest BCUT2D eigenvalue weighted by Crippen LogP contribution is -2.23. The van der Waals surface area contributed by atoms with Crippen molar-refractivity contribution >= 4 is 23.2 Å². The quantitative estimate of drug-likeness (QED) is 0.483. The van der Waals surface area contributed by atoms with Gasteiger partial charge in [0.25, 0.3) is 0 Å². The highest BCUT2D eigenvalue weighted by atomic mass is 35.5. The van der Waals surface area contributed by atoms with E-state index >= 15 is 0 Å². The number of carbonyl (C=O) groups excluding carboxylic acids is 1. The number of benzene rings is 2. The number of rotatable bonds is 6. The highest BCUT2D eigenvalue weighted by Crippen LogP contribution is 2.22. The summed E-state index contributed by atoms with van der Waals surface area (Å²) in [6, 6.07) is 19.6. The minimum absolute atomic E-state index is 0.000637. The van der Waals surface area contributed by atoms with Gasteiger partial charge in [-0.2, -0.15) is 5.10 Å². The fourth-order valence-electron chi connectivity index (χ4n) is 3.61. The number of amides is 1. The zero-order chi connectivity index (χ0) is 21.1. The van der Waals surface area contributed by atoms with Crippen molar-refractivity contribution in [2.45, 2.75) is 33.2 Å². The van der Waals surface area contributed by atoms with Crippen molar-refractivity contribution in [1.29, 1.82) is 0 Å². The molecule has 2 aromatic heterocycles. The first-order valence-corrected chi connectivity index (χ1v) is 10.3. The zero-order valence-electron chi connectivity index (χ0n) is 17.0. The highest BCUT2D eigenvalue weighted by Gasteiger charge is 2.14. The minimum Gasteiger partial charge on any atom is -0.352 e. The molecule has 4 rings (SSSR count). The Morgan fingerprint density at radius 3 is 2.63 bits per heavy atom. The van der Waals surface area contributed by atoms with E-state index in [1.165, 1.54) is 0 Å². The topological polar surface area (TPSA) is 59.3 Å². The van der Waals surface area contributed by atoms with Crippen LogP contribution >= 0.6 is 11.6 Å². The molecule has 5 nitrogen and oxygen atoms in total. The van der Waals surface area contributed by atoms with Crippen LogP contribution in [0.15, 0.2) is 60.7 Å². The van der Waals surface area contributed by atoms with Gasteiger partial charge in [-0.3, -0.25) is 4.79 Å². The van der Waals surface area contributed by atoms with Gasteiger partial charge >= 0.3 is 0 Å². The van der Waals surface area contributed by atoms with Crippen molar-refractivity contribution in [3.05, 3.63) is 88.2 Å². The molecule has 1 N–H and O–H groups in total. The van der Waals surface area contributed by atoms with Gasteiger partial charge in [0.2, 0.25) is 5.91 Å². The molecule has 0 aliphatic carbocycles. The van der Waals surface area contributed by atoms with Crippen molar-refractivity contribution in [2.24, 2.45) is 0 Å². The summed E-state index contributed by atoms with van der Waals surface area (Å²) in [4.78, 5) is 17.1. The average Bonchev–Trinajstić information content (AvgIpc) is 3.17. The second-order valence-electron chi connectivity index (χ2n) is 7.33. The maximum atomic E-state index is 12.4. The van der Waals surface area contributed by atoms with E-state index in [1.807, 2.05) is 79.0 Å². The Hall–Kier alpha value is -3.18. The van der Waals surface area contributed by atoms with Gasteiger partial charge in [0.1, 0.15) is 0 Å². The van der Waals surface area contributed by atoms with Crippen molar-refractivity contribution in [3.8, 4) is 11.3 Å². The Labute approximate surface area is 180 Å². The van der Waals surface area contributed by atoms with Crippen molar-refractivity contribution in [3.63, 3.8) is 0 Å². The van der Waals surface area contributed by atoms with Gasteiger partial charge in [0.15, 0.2) is 5.65 Å². The van der Waals surface area contributed by atoms with Gasteiger partial charge in [-0.15, -0.1) is 0 Å². The fourth-order valence-corrected chi connectivity index (χ4v) is 3.83. The molecule has 0 saturated carbocycles. The van der Waals surface area contributed by atoms with Gasteiger partial charge in [0.05, 0.1) is 5.69 Å². The Morgan fingerprint density at radius 2 is 1.87 bits per heavy atom. The van der Waals surface area contributed by atoms with Crippen LogP contribution in [0, 0.1) is 13.8 Å². The minimum atomic E-state index is -0.000637. The Kier molecular flexibility index (Phi) is 5.81. The summed E-state index contributed by atoms with van der Waals surface area (Å²) in [6.45, 7) is 4.48. The maximum Gasteiger partial charge on any atom is 0.220 e. The first-order valence-electron chi connectivity index (χ1n) is 9.93. The number of carbonyl (C=O) groups is 1. The maximum absolute atomic E-state index is 12.4. The summed E-state index contributed by atoms with van der Waals surface area (Å²) in [7, 11) is 0. The molecule has 1 amide bonds. The molecule has 30 heavy (non-hydrogen) atoms. The van der Waals surface area contributed by atoms with E-state index in [0.29, 0.717) is 24.4 Å². The molecule has 0 atom stereocenters. The van der Waals surface area contributed by atoms with E-state index in [-0.39, 0.29) is 5.91 Å². The summed E-state index contributed by atoms with van der Waals surface area (Å²) in [5.41, 5.74) is 6.76. The number of nitrogens with one attached hydrogen (secondary N) is 1. The second-order valence-corrected chi connectivity index (χ2v) is 7.77. The van der Waals surface area contributed by atoms with Crippen LogP contribution in [-0.2, 0) is 17.8 Å². The molecule has 6 heteroatoms. The van der Waals surface area contributed by atoms with Gasteiger partial charge in [-0.25, -0.2) is 9.50 Å². The Morgan fingerprint density at radius 1 is 1.07 bits per heavy atom. The molecular formula is C24H23ClN4O. The SMILES string of the molecule is Cc1nc2cc(-c3ccccc3)nn2c(C)c1CCC(=O)NCc1cccc(Cl)c1. The first kappa shape index (κ1) is 20.1. The normalized spacial score (nSPS) is 11.0.